The first-order valence-corrected chi connectivity index (χ1v) is 6.41. The van der Waals surface area contributed by atoms with Gasteiger partial charge in [-0.1, -0.05) is 6.08 Å². The molecule has 0 aromatic heterocycles. The Hall–Kier alpha value is -1.48. The molecule has 98 valence electrons. The quantitative estimate of drug-likeness (QED) is 0.695. The predicted octanol–water partition coefficient (Wildman–Crippen LogP) is 1.64. The van der Waals surface area contributed by atoms with Gasteiger partial charge in [0, 0.05) is 11.3 Å². The van der Waals surface area contributed by atoms with Crippen molar-refractivity contribution in [1.29, 1.82) is 0 Å². The Balaban J connectivity index is 2.47. The van der Waals surface area contributed by atoms with Gasteiger partial charge in [-0.25, -0.2) is 0 Å². The summed E-state index contributed by atoms with van der Waals surface area (Å²) in [6.45, 7) is 7.23. The molecule has 0 aliphatic carbocycles. The van der Waals surface area contributed by atoms with Crippen molar-refractivity contribution in [2.24, 2.45) is 0 Å². The van der Waals surface area contributed by atoms with Crippen molar-refractivity contribution in [1.82, 2.24) is 0 Å². The number of anilines is 1. The molecule has 0 spiro atoms. The molecule has 0 fully saturated rings. The first-order chi connectivity index (χ1) is 8.28. The van der Waals surface area contributed by atoms with E-state index in [-0.39, 0.29) is 5.54 Å². The average molecular weight is 247 g/mol. The first kappa shape index (κ1) is 13.0. The maximum Gasteiger partial charge on any atom is 0.125 e. The molecule has 1 aliphatic rings. The van der Waals surface area contributed by atoms with E-state index in [9.17, 15) is 5.11 Å². The summed E-state index contributed by atoms with van der Waals surface area (Å²) in [5.74, 6) is 0.393. The number of phenolic OH excluding ortho intramolecular Hbond substituents is 1. The van der Waals surface area contributed by atoms with Gasteiger partial charge in [0.1, 0.15) is 12.3 Å². The molecule has 3 heteroatoms. The van der Waals surface area contributed by atoms with Gasteiger partial charge in [0.05, 0.1) is 25.2 Å². The van der Waals surface area contributed by atoms with Crippen LogP contribution in [0.3, 0.4) is 0 Å². The monoisotopic (exact) mass is 247 g/mol. The van der Waals surface area contributed by atoms with E-state index in [0.717, 1.165) is 23.4 Å². The van der Waals surface area contributed by atoms with Gasteiger partial charge in [0.15, 0.2) is 0 Å². The summed E-state index contributed by atoms with van der Waals surface area (Å²) < 4.78 is 0. The van der Waals surface area contributed by atoms with Crippen LogP contribution in [0.25, 0.3) is 5.57 Å². The molecule has 0 amide bonds. The Morgan fingerprint density at radius 2 is 1.94 bits per heavy atom. The van der Waals surface area contributed by atoms with Crippen LogP contribution in [0.4, 0.5) is 5.69 Å². The van der Waals surface area contributed by atoms with Crippen molar-refractivity contribution >= 4 is 11.3 Å². The molecule has 0 saturated carbocycles. The second-order valence-corrected chi connectivity index (χ2v) is 6.08. The van der Waals surface area contributed by atoms with Crippen LogP contribution in [0.15, 0.2) is 18.2 Å². The number of quaternary nitrogens is 1. The number of hydrogen-bond acceptors (Lipinski definition) is 2. The molecule has 3 N–H and O–H groups in total. The number of benzene rings is 1. The number of hydrogen-bond donors (Lipinski definition) is 3. The van der Waals surface area contributed by atoms with E-state index in [2.05, 4.69) is 52.3 Å². The van der Waals surface area contributed by atoms with Gasteiger partial charge in [0.25, 0.3) is 0 Å². The van der Waals surface area contributed by atoms with Crippen molar-refractivity contribution in [3.63, 3.8) is 0 Å². The Morgan fingerprint density at radius 3 is 2.56 bits per heavy atom. The zero-order chi connectivity index (χ0) is 13.5. The highest BCUT2D eigenvalue weighted by atomic mass is 16.3. The highest BCUT2D eigenvalue weighted by molar-refractivity contribution is 5.81. The van der Waals surface area contributed by atoms with Gasteiger partial charge >= 0.3 is 0 Å². The Kier molecular flexibility index (Phi) is 3.11. The SMILES string of the molecule is CC1=CC(C)(C)Nc2cc(C[NH+](C)C)c(O)cc21. The van der Waals surface area contributed by atoms with Crippen LogP contribution < -0.4 is 10.2 Å². The predicted molar refractivity (Wildman–Crippen MR) is 76.0 cm³/mol. The summed E-state index contributed by atoms with van der Waals surface area (Å²) in [5, 5.41) is 13.6. The third-order valence-electron chi connectivity index (χ3n) is 3.22. The van der Waals surface area contributed by atoms with Crippen LogP contribution in [0, 0.1) is 0 Å². The fraction of sp³-hybridized carbons (Fsp3) is 0.467. The highest BCUT2D eigenvalue weighted by Crippen LogP contribution is 2.37. The maximum atomic E-state index is 10.1. The van der Waals surface area contributed by atoms with E-state index in [1.54, 1.807) is 0 Å². The number of rotatable bonds is 2. The minimum absolute atomic E-state index is 0.0314. The molecule has 0 saturated heterocycles. The second-order valence-electron chi connectivity index (χ2n) is 6.08. The lowest BCUT2D eigenvalue weighted by Gasteiger charge is -2.32. The zero-order valence-electron chi connectivity index (χ0n) is 11.9. The lowest BCUT2D eigenvalue weighted by atomic mass is 9.90. The van der Waals surface area contributed by atoms with Crippen molar-refractivity contribution in [3.8, 4) is 5.75 Å². The minimum Gasteiger partial charge on any atom is -0.507 e. The molecule has 2 rings (SSSR count). The summed E-state index contributed by atoms with van der Waals surface area (Å²) in [6.07, 6.45) is 2.20. The molecule has 0 bridgehead atoms. The topological polar surface area (TPSA) is 36.7 Å². The van der Waals surface area contributed by atoms with E-state index in [0.29, 0.717) is 5.75 Å². The van der Waals surface area contributed by atoms with Gasteiger partial charge in [0.2, 0.25) is 0 Å². The number of allylic oxidation sites excluding steroid dienone is 1. The van der Waals surface area contributed by atoms with E-state index in [1.165, 1.54) is 10.5 Å². The average Bonchev–Trinajstić information content (AvgIpc) is 2.18. The van der Waals surface area contributed by atoms with Crippen LogP contribution in [-0.4, -0.2) is 24.7 Å². The number of aromatic hydroxyl groups is 1. The molecule has 1 aromatic carbocycles. The third kappa shape index (κ3) is 2.51. The second kappa shape index (κ2) is 4.32. The Labute approximate surface area is 109 Å². The van der Waals surface area contributed by atoms with Crippen molar-refractivity contribution in [2.75, 3.05) is 19.4 Å². The Bertz CT molecular complexity index is 501. The van der Waals surface area contributed by atoms with E-state index >= 15 is 0 Å². The lowest BCUT2D eigenvalue weighted by molar-refractivity contribution is -0.872. The van der Waals surface area contributed by atoms with Crippen LogP contribution in [0.1, 0.15) is 31.9 Å². The van der Waals surface area contributed by atoms with E-state index < -0.39 is 0 Å². The van der Waals surface area contributed by atoms with Crippen LogP contribution in [-0.2, 0) is 6.54 Å². The number of fused-ring (bicyclic) bond motifs is 1. The molecule has 1 heterocycles. The summed E-state index contributed by atoms with van der Waals surface area (Å²) in [7, 11) is 4.17. The van der Waals surface area contributed by atoms with Gasteiger partial charge in [-0.2, -0.15) is 0 Å². The smallest absolute Gasteiger partial charge is 0.125 e. The summed E-state index contributed by atoms with van der Waals surface area (Å²) >= 11 is 0. The fourth-order valence-electron chi connectivity index (χ4n) is 2.59. The molecule has 0 atom stereocenters. The normalized spacial score (nSPS) is 17.1. The largest absolute Gasteiger partial charge is 0.507 e. The Morgan fingerprint density at radius 1 is 1.28 bits per heavy atom. The molecule has 1 aromatic rings. The molecule has 0 unspecified atom stereocenters. The molecule has 0 radical (unpaired) electrons. The third-order valence-corrected chi connectivity index (χ3v) is 3.22. The van der Waals surface area contributed by atoms with Crippen LogP contribution in [0.2, 0.25) is 0 Å². The van der Waals surface area contributed by atoms with Gasteiger partial charge in [-0.3, -0.25) is 0 Å². The molecule has 18 heavy (non-hydrogen) atoms. The number of nitrogens with one attached hydrogen (secondary N) is 2. The first-order valence-electron chi connectivity index (χ1n) is 6.41. The number of phenols is 1. The molecule has 1 aliphatic heterocycles. The van der Waals surface area contributed by atoms with Gasteiger partial charge < -0.3 is 15.3 Å². The van der Waals surface area contributed by atoms with Crippen molar-refractivity contribution in [2.45, 2.75) is 32.9 Å². The van der Waals surface area contributed by atoms with Gasteiger partial charge in [-0.05, 0) is 38.5 Å². The summed E-state index contributed by atoms with van der Waals surface area (Å²) in [6, 6.07) is 3.96. The summed E-state index contributed by atoms with van der Waals surface area (Å²) in [5.41, 5.74) is 4.40. The standard InChI is InChI=1S/C15H22N2O/c1-10-8-15(2,3)16-13-6-11(9-17(4)5)14(18)7-12(10)13/h6-8,16,18H,9H2,1-5H3/p+1. The van der Waals surface area contributed by atoms with Crippen molar-refractivity contribution in [3.05, 3.63) is 29.3 Å². The van der Waals surface area contributed by atoms with Crippen LogP contribution >= 0.6 is 0 Å². The van der Waals surface area contributed by atoms with Gasteiger partial charge in [-0.15, -0.1) is 0 Å². The zero-order valence-corrected chi connectivity index (χ0v) is 11.9. The van der Waals surface area contributed by atoms with Crippen LogP contribution in [0.5, 0.6) is 5.75 Å². The molecular weight excluding hydrogens is 224 g/mol. The highest BCUT2D eigenvalue weighted by Gasteiger charge is 2.24. The lowest BCUT2D eigenvalue weighted by Crippen LogP contribution is -3.04. The van der Waals surface area contributed by atoms with Crippen molar-refractivity contribution < 1.29 is 10.0 Å². The maximum absolute atomic E-state index is 10.1. The summed E-state index contributed by atoms with van der Waals surface area (Å²) in [4.78, 5) is 1.30. The van der Waals surface area contributed by atoms with E-state index in [4.69, 9.17) is 0 Å². The molecular formula is C15H23N2O+. The fourth-order valence-corrected chi connectivity index (χ4v) is 2.59. The van der Waals surface area contributed by atoms with E-state index in [1.807, 2.05) is 6.07 Å². The molecule has 3 nitrogen and oxygen atoms in total. The minimum atomic E-state index is -0.0314.